The van der Waals surface area contributed by atoms with Crippen LogP contribution in [-0.4, -0.2) is 37.3 Å². The molecule has 2 aromatic rings. The Morgan fingerprint density at radius 3 is 2.55 bits per heavy atom. The zero-order valence-corrected chi connectivity index (χ0v) is 12.5. The smallest absolute Gasteiger partial charge is 0.199 e. The molecule has 0 aliphatic carbocycles. The van der Waals surface area contributed by atoms with Gasteiger partial charge in [0.2, 0.25) is 0 Å². The molecular formula is C14H19N5S. The molecule has 106 valence electrons. The van der Waals surface area contributed by atoms with Gasteiger partial charge in [-0.05, 0) is 50.3 Å². The van der Waals surface area contributed by atoms with Gasteiger partial charge in [0.15, 0.2) is 10.6 Å². The van der Waals surface area contributed by atoms with Crippen LogP contribution in [0.3, 0.4) is 0 Å². The molecule has 1 aliphatic heterocycles. The second-order valence-electron chi connectivity index (χ2n) is 5.22. The van der Waals surface area contributed by atoms with E-state index in [9.17, 15) is 0 Å². The summed E-state index contributed by atoms with van der Waals surface area (Å²) in [6.45, 7) is 3.07. The number of rotatable bonds is 3. The third kappa shape index (κ3) is 2.66. The highest BCUT2D eigenvalue weighted by atomic mass is 32.1. The molecular weight excluding hydrogens is 270 g/mol. The van der Waals surface area contributed by atoms with Crippen molar-refractivity contribution in [1.29, 1.82) is 0 Å². The second kappa shape index (κ2) is 5.85. The third-order valence-electron chi connectivity index (χ3n) is 3.76. The third-order valence-corrected chi connectivity index (χ3v) is 4.25. The molecule has 20 heavy (non-hydrogen) atoms. The minimum atomic E-state index is 0.766. The van der Waals surface area contributed by atoms with Crippen molar-refractivity contribution in [3.63, 3.8) is 0 Å². The van der Waals surface area contributed by atoms with Crippen LogP contribution in [0.2, 0.25) is 0 Å². The maximum atomic E-state index is 5.50. The number of aromatic nitrogens is 4. The molecule has 3 rings (SSSR count). The molecule has 0 radical (unpaired) electrons. The zero-order valence-electron chi connectivity index (χ0n) is 11.7. The van der Waals surface area contributed by atoms with Gasteiger partial charge < -0.3 is 4.57 Å². The highest BCUT2D eigenvalue weighted by Gasteiger charge is 2.14. The molecule has 0 saturated carbocycles. The standard InChI is InChI=1S/C14H19N5S/c1-17-13(12-5-7-15-8-6-12)16-19(14(17)20)11-18-9-3-2-4-10-18/h5-8H,2-4,9-11H2,1H3. The van der Waals surface area contributed by atoms with Crippen LogP contribution in [0.1, 0.15) is 19.3 Å². The predicted octanol–water partition coefficient (Wildman–Crippen LogP) is 2.46. The van der Waals surface area contributed by atoms with Gasteiger partial charge in [-0.3, -0.25) is 9.88 Å². The molecule has 0 atom stereocenters. The van der Waals surface area contributed by atoms with E-state index in [4.69, 9.17) is 12.2 Å². The molecule has 0 N–H and O–H groups in total. The predicted molar refractivity (Wildman–Crippen MR) is 80.7 cm³/mol. The van der Waals surface area contributed by atoms with Gasteiger partial charge >= 0.3 is 0 Å². The topological polar surface area (TPSA) is 38.9 Å². The summed E-state index contributed by atoms with van der Waals surface area (Å²) >= 11 is 5.50. The van der Waals surface area contributed by atoms with E-state index in [0.29, 0.717) is 0 Å². The van der Waals surface area contributed by atoms with Crippen LogP contribution in [0.15, 0.2) is 24.5 Å². The summed E-state index contributed by atoms with van der Waals surface area (Å²) in [6.07, 6.45) is 7.45. The summed E-state index contributed by atoms with van der Waals surface area (Å²) in [5, 5.41) is 4.68. The lowest BCUT2D eigenvalue weighted by atomic mass is 10.1. The van der Waals surface area contributed by atoms with Crippen LogP contribution < -0.4 is 0 Å². The molecule has 0 amide bonds. The fourth-order valence-corrected chi connectivity index (χ4v) is 2.81. The van der Waals surface area contributed by atoms with Crippen molar-refractivity contribution in [2.24, 2.45) is 7.05 Å². The number of hydrogen-bond donors (Lipinski definition) is 0. The summed E-state index contributed by atoms with van der Waals surface area (Å²) in [5.41, 5.74) is 1.05. The number of hydrogen-bond acceptors (Lipinski definition) is 4. The van der Waals surface area contributed by atoms with Gasteiger partial charge in [-0.25, -0.2) is 4.68 Å². The molecule has 2 aromatic heterocycles. The largest absolute Gasteiger partial charge is 0.303 e. The van der Waals surface area contributed by atoms with E-state index in [-0.39, 0.29) is 0 Å². The monoisotopic (exact) mass is 289 g/mol. The quantitative estimate of drug-likeness (QED) is 0.814. The maximum Gasteiger partial charge on any atom is 0.199 e. The van der Waals surface area contributed by atoms with E-state index in [0.717, 1.165) is 35.9 Å². The normalized spacial score (nSPS) is 16.4. The highest BCUT2D eigenvalue weighted by Crippen LogP contribution is 2.17. The van der Waals surface area contributed by atoms with E-state index >= 15 is 0 Å². The first kappa shape index (κ1) is 13.5. The molecule has 0 spiro atoms. The van der Waals surface area contributed by atoms with E-state index in [2.05, 4.69) is 15.0 Å². The maximum absolute atomic E-state index is 5.50. The average molecular weight is 289 g/mol. The van der Waals surface area contributed by atoms with Gasteiger partial charge in [-0.15, -0.1) is 0 Å². The van der Waals surface area contributed by atoms with E-state index in [1.807, 2.05) is 28.4 Å². The summed E-state index contributed by atoms with van der Waals surface area (Å²) in [6, 6.07) is 3.92. The lowest BCUT2D eigenvalue weighted by Gasteiger charge is -2.25. The Hall–Kier alpha value is -1.53. The van der Waals surface area contributed by atoms with Gasteiger partial charge in [0.1, 0.15) is 0 Å². The molecule has 1 fully saturated rings. The highest BCUT2D eigenvalue weighted by molar-refractivity contribution is 7.71. The van der Waals surface area contributed by atoms with E-state index < -0.39 is 0 Å². The van der Waals surface area contributed by atoms with Crippen molar-refractivity contribution < 1.29 is 0 Å². The van der Waals surface area contributed by atoms with Crippen LogP contribution in [0.25, 0.3) is 11.4 Å². The lowest BCUT2D eigenvalue weighted by molar-refractivity contribution is 0.172. The van der Waals surface area contributed by atoms with Crippen molar-refractivity contribution in [2.75, 3.05) is 13.1 Å². The summed E-state index contributed by atoms with van der Waals surface area (Å²) < 4.78 is 4.66. The Kier molecular flexibility index (Phi) is 3.93. The Morgan fingerprint density at radius 2 is 1.85 bits per heavy atom. The van der Waals surface area contributed by atoms with Gasteiger partial charge in [0, 0.05) is 25.0 Å². The number of piperidine rings is 1. The molecule has 1 aliphatic rings. The second-order valence-corrected chi connectivity index (χ2v) is 5.59. The Bertz CT molecular complexity index is 625. The van der Waals surface area contributed by atoms with Gasteiger partial charge in [0.25, 0.3) is 0 Å². The lowest BCUT2D eigenvalue weighted by Crippen LogP contribution is -2.32. The van der Waals surface area contributed by atoms with Crippen molar-refractivity contribution in [3.8, 4) is 11.4 Å². The number of likely N-dealkylation sites (tertiary alicyclic amines) is 1. The van der Waals surface area contributed by atoms with Crippen LogP contribution in [0.4, 0.5) is 0 Å². The molecule has 5 nitrogen and oxygen atoms in total. The Balaban J connectivity index is 1.88. The van der Waals surface area contributed by atoms with Crippen molar-refractivity contribution in [3.05, 3.63) is 29.3 Å². The van der Waals surface area contributed by atoms with Crippen molar-refractivity contribution in [2.45, 2.75) is 25.9 Å². The molecule has 0 unspecified atom stereocenters. The van der Waals surface area contributed by atoms with E-state index in [1.54, 1.807) is 12.4 Å². The van der Waals surface area contributed by atoms with E-state index in [1.165, 1.54) is 19.3 Å². The Labute approximate surface area is 123 Å². The summed E-state index contributed by atoms with van der Waals surface area (Å²) in [7, 11) is 1.97. The first-order valence-electron chi connectivity index (χ1n) is 7.02. The fraction of sp³-hybridized carbons (Fsp3) is 0.500. The summed E-state index contributed by atoms with van der Waals surface area (Å²) in [5.74, 6) is 0.898. The molecule has 0 bridgehead atoms. The van der Waals surface area contributed by atoms with Crippen LogP contribution >= 0.6 is 12.2 Å². The van der Waals surface area contributed by atoms with Gasteiger partial charge in [-0.1, -0.05) is 6.42 Å². The molecule has 3 heterocycles. The van der Waals surface area contributed by atoms with Crippen LogP contribution in [-0.2, 0) is 13.7 Å². The fourth-order valence-electron chi connectivity index (χ4n) is 2.62. The van der Waals surface area contributed by atoms with Gasteiger partial charge in [0.05, 0.1) is 6.67 Å². The zero-order chi connectivity index (χ0) is 13.9. The summed E-state index contributed by atoms with van der Waals surface area (Å²) in [4.78, 5) is 6.46. The number of pyridine rings is 1. The number of nitrogens with zero attached hydrogens (tertiary/aromatic N) is 5. The van der Waals surface area contributed by atoms with Crippen LogP contribution in [0, 0.1) is 4.77 Å². The molecule has 6 heteroatoms. The minimum Gasteiger partial charge on any atom is -0.303 e. The first-order chi connectivity index (χ1) is 9.75. The average Bonchev–Trinajstić information content (AvgIpc) is 2.78. The van der Waals surface area contributed by atoms with Gasteiger partial charge in [-0.2, -0.15) is 5.10 Å². The molecule has 1 saturated heterocycles. The van der Waals surface area contributed by atoms with Crippen molar-refractivity contribution >= 4 is 12.2 Å². The first-order valence-corrected chi connectivity index (χ1v) is 7.43. The minimum absolute atomic E-state index is 0.766. The Morgan fingerprint density at radius 1 is 1.15 bits per heavy atom. The SMILES string of the molecule is Cn1c(-c2ccncc2)nn(CN2CCCCC2)c1=S. The van der Waals surface area contributed by atoms with Crippen LogP contribution in [0.5, 0.6) is 0 Å². The van der Waals surface area contributed by atoms with Crippen molar-refractivity contribution in [1.82, 2.24) is 24.2 Å². The molecule has 0 aromatic carbocycles.